The number of carbonyl (C=O) groups is 1. The SMILES string of the molecule is CCCOc1ccc(CNC(=O)CN(C)Cc2ccccc2)cc1OC. The Morgan fingerprint density at radius 3 is 2.54 bits per heavy atom. The highest BCUT2D eigenvalue weighted by Gasteiger charge is 2.09. The van der Waals surface area contributed by atoms with Crippen molar-refractivity contribution in [2.75, 3.05) is 27.3 Å². The summed E-state index contributed by atoms with van der Waals surface area (Å²) in [6.45, 7) is 4.27. The van der Waals surface area contributed by atoms with E-state index in [0.29, 0.717) is 25.4 Å². The van der Waals surface area contributed by atoms with Crippen LogP contribution in [0.25, 0.3) is 0 Å². The van der Waals surface area contributed by atoms with Gasteiger partial charge in [-0.15, -0.1) is 0 Å². The predicted molar refractivity (Wildman–Crippen MR) is 103 cm³/mol. The van der Waals surface area contributed by atoms with Gasteiger partial charge in [-0.25, -0.2) is 0 Å². The van der Waals surface area contributed by atoms with E-state index in [9.17, 15) is 4.79 Å². The summed E-state index contributed by atoms with van der Waals surface area (Å²) < 4.78 is 11.0. The molecule has 0 spiro atoms. The topological polar surface area (TPSA) is 50.8 Å². The molecule has 0 saturated heterocycles. The minimum absolute atomic E-state index is 0.00583. The van der Waals surface area contributed by atoms with Gasteiger partial charge in [-0.05, 0) is 36.7 Å². The first kappa shape index (κ1) is 19.8. The van der Waals surface area contributed by atoms with Crippen molar-refractivity contribution in [1.29, 1.82) is 0 Å². The molecule has 0 bridgehead atoms. The Balaban J connectivity index is 1.82. The Bertz CT molecular complexity index is 689. The molecule has 0 aliphatic heterocycles. The molecule has 2 aromatic rings. The molecule has 26 heavy (non-hydrogen) atoms. The summed E-state index contributed by atoms with van der Waals surface area (Å²) in [5.41, 5.74) is 2.17. The van der Waals surface area contributed by atoms with Gasteiger partial charge in [0, 0.05) is 13.1 Å². The molecule has 0 atom stereocenters. The first-order valence-electron chi connectivity index (χ1n) is 8.91. The van der Waals surface area contributed by atoms with Crippen LogP contribution in [0.2, 0.25) is 0 Å². The van der Waals surface area contributed by atoms with Crippen molar-refractivity contribution < 1.29 is 14.3 Å². The lowest BCUT2D eigenvalue weighted by atomic mass is 10.2. The Morgan fingerprint density at radius 1 is 1.08 bits per heavy atom. The average Bonchev–Trinajstić information content (AvgIpc) is 2.65. The first-order chi connectivity index (χ1) is 12.6. The molecule has 0 heterocycles. The van der Waals surface area contributed by atoms with Gasteiger partial charge in [0.05, 0.1) is 20.3 Å². The van der Waals surface area contributed by atoms with Gasteiger partial charge in [0.1, 0.15) is 0 Å². The van der Waals surface area contributed by atoms with Crippen LogP contribution >= 0.6 is 0 Å². The number of nitrogens with zero attached hydrogens (tertiary/aromatic N) is 1. The summed E-state index contributed by atoms with van der Waals surface area (Å²) in [6, 6.07) is 15.8. The fourth-order valence-electron chi connectivity index (χ4n) is 2.61. The van der Waals surface area contributed by atoms with Crippen molar-refractivity contribution in [3.05, 3.63) is 59.7 Å². The van der Waals surface area contributed by atoms with Crippen molar-refractivity contribution >= 4 is 5.91 Å². The second-order valence-electron chi connectivity index (χ2n) is 6.27. The molecule has 140 valence electrons. The van der Waals surface area contributed by atoms with Crippen LogP contribution in [0.5, 0.6) is 11.5 Å². The maximum atomic E-state index is 12.2. The minimum atomic E-state index is -0.00583. The van der Waals surface area contributed by atoms with Crippen LogP contribution in [0.15, 0.2) is 48.5 Å². The van der Waals surface area contributed by atoms with Gasteiger partial charge in [-0.3, -0.25) is 9.69 Å². The number of carbonyl (C=O) groups excluding carboxylic acids is 1. The molecule has 2 rings (SSSR count). The number of amides is 1. The highest BCUT2D eigenvalue weighted by atomic mass is 16.5. The number of benzene rings is 2. The van der Waals surface area contributed by atoms with Crippen LogP contribution in [0.4, 0.5) is 0 Å². The van der Waals surface area contributed by atoms with E-state index in [1.807, 2.05) is 48.3 Å². The lowest BCUT2D eigenvalue weighted by Crippen LogP contribution is -2.34. The molecule has 0 aromatic heterocycles. The Labute approximate surface area is 155 Å². The molecule has 0 unspecified atom stereocenters. The van der Waals surface area contributed by atoms with Crippen molar-refractivity contribution in [2.45, 2.75) is 26.4 Å². The third-order valence-corrected chi connectivity index (χ3v) is 3.89. The van der Waals surface area contributed by atoms with Crippen molar-refractivity contribution in [3.8, 4) is 11.5 Å². The van der Waals surface area contributed by atoms with E-state index < -0.39 is 0 Å². The smallest absolute Gasteiger partial charge is 0.234 e. The summed E-state index contributed by atoms with van der Waals surface area (Å²) in [7, 11) is 3.56. The number of methoxy groups -OCH3 is 1. The van der Waals surface area contributed by atoms with E-state index in [4.69, 9.17) is 9.47 Å². The average molecular weight is 356 g/mol. The van der Waals surface area contributed by atoms with Gasteiger partial charge in [0.25, 0.3) is 0 Å². The second kappa shape index (κ2) is 10.5. The standard InChI is InChI=1S/C21H28N2O3/c1-4-12-26-19-11-10-18(13-20(19)25-3)14-22-21(24)16-23(2)15-17-8-6-5-7-9-17/h5-11,13H,4,12,14-16H2,1-3H3,(H,22,24). The number of hydrogen-bond donors (Lipinski definition) is 1. The van der Waals surface area contributed by atoms with E-state index in [-0.39, 0.29) is 5.91 Å². The van der Waals surface area contributed by atoms with Crippen LogP contribution in [0, 0.1) is 0 Å². The summed E-state index contributed by atoms with van der Waals surface area (Å²) in [5.74, 6) is 1.41. The number of likely N-dealkylation sites (N-methyl/N-ethyl adjacent to an activating group) is 1. The number of nitrogens with one attached hydrogen (secondary N) is 1. The zero-order valence-electron chi connectivity index (χ0n) is 15.8. The lowest BCUT2D eigenvalue weighted by molar-refractivity contribution is -0.122. The third-order valence-electron chi connectivity index (χ3n) is 3.89. The number of ether oxygens (including phenoxy) is 2. The van der Waals surface area contributed by atoms with Crippen LogP contribution in [0.3, 0.4) is 0 Å². The predicted octanol–water partition coefficient (Wildman–Crippen LogP) is 3.23. The molecular formula is C21H28N2O3. The van der Waals surface area contributed by atoms with E-state index in [1.165, 1.54) is 5.56 Å². The van der Waals surface area contributed by atoms with E-state index >= 15 is 0 Å². The first-order valence-corrected chi connectivity index (χ1v) is 8.91. The lowest BCUT2D eigenvalue weighted by Gasteiger charge is -2.16. The van der Waals surface area contributed by atoms with Crippen molar-refractivity contribution in [2.24, 2.45) is 0 Å². The van der Waals surface area contributed by atoms with Crippen molar-refractivity contribution in [1.82, 2.24) is 10.2 Å². The molecule has 1 amide bonds. The van der Waals surface area contributed by atoms with Crippen LogP contribution in [-0.2, 0) is 17.9 Å². The molecule has 0 aliphatic carbocycles. The van der Waals surface area contributed by atoms with E-state index in [2.05, 4.69) is 24.4 Å². The molecule has 0 aliphatic rings. The van der Waals surface area contributed by atoms with Gasteiger partial charge in [0.2, 0.25) is 5.91 Å². The van der Waals surface area contributed by atoms with Crippen LogP contribution in [-0.4, -0.2) is 38.1 Å². The second-order valence-corrected chi connectivity index (χ2v) is 6.27. The fraction of sp³-hybridized carbons (Fsp3) is 0.381. The molecule has 0 saturated carbocycles. The molecular weight excluding hydrogens is 328 g/mol. The summed E-state index contributed by atoms with van der Waals surface area (Å²) >= 11 is 0. The molecule has 1 N–H and O–H groups in total. The number of hydrogen-bond acceptors (Lipinski definition) is 4. The van der Waals surface area contributed by atoms with Gasteiger partial charge in [0.15, 0.2) is 11.5 Å². The molecule has 0 fully saturated rings. The zero-order valence-corrected chi connectivity index (χ0v) is 15.8. The molecule has 5 nitrogen and oxygen atoms in total. The normalized spacial score (nSPS) is 10.6. The fourth-order valence-corrected chi connectivity index (χ4v) is 2.61. The Morgan fingerprint density at radius 2 is 1.85 bits per heavy atom. The minimum Gasteiger partial charge on any atom is -0.493 e. The quantitative estimate of drug-likeness (QED) is 0.710. The van der Waals surface area contributed by atoms with Crippen molar-refractivity contribution in [3.63, 3.8) is 0 Å². The molecule has 0 radical (unpaired) electrons. The van der Waals surface area contributed by atoms with Crippen LogP contribution in [0.1, 0.15) is 24.5 Å². The number of rotatable bonds is 10. The van der Waals surface area contributed by atoms with Gasteiger partial charge < -0.3 is 14.8 Å². The summed E-state index contributed by atoms with van der Waals surface area (Å²) in [5, 5.41) is 2.95. The molecule has 2 aromatic carbocycles. The van der Waals surface area contributed by atoms with Gasteiger partial charge in [-0.1, -0.05) is 43.3 Å². The molecule has 5 heteroatoms. The van der Waals surface area contributed by atoms with Crippen LogP contribution < -0.4 is 14.8 Å². The Kier molecular flexibility index (Phi) is 7.96. The van der Waals surface area contributed by atoms with E-state index in [0.717, 1.165) is 24.3 Å². The summed E-state index contributed by atoms with van der Waals surface area (Å²) in [6.07, 6.45) is 0.942. The van der Waals surface area contributed by atoms with Gasteiger partial charge in [-0.2, -0.15) is 0 Å². The largest absolute Gasteiger partial charge is 0.493 e. The highest BCUT2D eigenvalue weighted by molar-refractivity contribution is 5.78. The van der Waals surface area contributed by atoms with Gasteiger partial charge >= 0.3 is 0 Å². The Hall–Kier alpha value is -2.53. The maximum absolute atomic E-state index is 12.2. The highest BCUT2D eigenvalue weighted by Crippen LogP contribution is 2.28. The summed E-state index contributed by atoms with van der Waals surface area (Å²) in [4.78, 5) is 14.2. The van der Waals surface area contributed by atoms with E-state index in [1.54, 1.807) is 7.11 Å². The maximum Gasteiger partial charge on any atom is 0.234 e. The third kappa shape index (κ3) is 6.41. The zero-order chi connectivity index (χ0) is 18.8. The monoisotopic (exact) mass is 356 g/mol.